The highest BCUT2D eigenvalue weighted by Gasteiger charge is 2.25. The Bertz CT molecular complexity index is 1440. The number of halogens is 2. The van der Waals surface area contributed by atoms with E-state index in [1.165, 1.54) is 4.88 Å². The third-order valence-corrected chi connectivity index (χ3v) is 8.30. The molecule has 2 aromatic carbocycles. The van der Waals surface area contributed by atoms with Crippen LogP contribution in [0.3, 0.4) is 0 Å². The second-order valence-electron chi connectivity index (χ2n) is 8.73. The summed E-state index contributed by atoms with van der Waals surface area (Å²) in [5.74, 6) is -0.0935. The van der Waals surface area contributed by atoms with Gasteiger partial charge in [0.25, 0.3) is 5.91 Å². The number of rotatable bonds is 5. The number of carbonyl (C=O) groups is 1. The molecule has 4 nitrogen and oxygen atoms in total. The van der Waals surface area contributed by atoms with Gasteiger partial charge in [0.15, 0.2) is 0 Å². The average Bonchev–Trinajstić information content (AvgIpc) is 3.36. The number of nitrogens with zero attached hydrogens (tertiary/aromatic N) is 2. The molecule has 2 aromatic heterocycles. The molecule has 0 unspecified atom stereocenters. The van der Waals surface area contributed by atoms with Crippen LogP contribution in [0.25, 0.3) is 5.69 Å². The minimum absolute atomic E-state index is 0.0935. The molecule has 0 radical (unpaired) electrons. The summed E-state index contributed by atoms with van der Waals surface area (Å²) in [7, 11) is 0. The van der Waals surface area contributed by atoms with E-state index in [1.54, 1.807) is 17.4 Å². The van der Waals surface area contributed by atoms with Crippen LogP contribution < -0.4 is 5.32 Å². The van der Waals surface area contributed by atoms with E-state index < -0.39 is 0 Å². The van der Waals surface area contributed by atoms with Crippen LogP contribution in [0, 0.1) is 13.8 Å². The molecular weight excluding hydrogens is 497 g/mol. The van der Waals surface area contributed by atoms with E-state index in [-0.39, 0.29) is 5.91 Å². The van der Waals surface area contributed by atoms with Crippen molar-refractivity contribution in [2.45, 2.75) is 39.5 Å². The lowest BCUT2D eigenvalue weighted by Gasteiger charge is -2.12. The van der Waals surface area contributed by atoms with Crippen molar-refractivity contribution in [1.29, 1.82) is 0 Å². The summed E-state index contributed by atoms with van der Waals surface area (Å²) in [6.45, 7) is 4.11. The number of para-hydroxylation sites is 1. The highest BCUT2D eigenvalue weighted by molar-refractivity contribution is 7.16. The molecule has 1 N–H and O–H groups in total. The molecule has 178 valence electrons. The number of aliphatic imine (C=N–C) groups is 1. The van der Waals surface area contributed by atoms with Gasteiger partial charge in [0.05, 0.1) is 15.6 Å². The number of hydrogen-bond acceptors (Lipinski definition) is 3. The Morgan fingerprint density at radius 2 is 1.80 bits per heavy atom. The highest BCUT2D eigenvalue weighted by atomic mass is 35.5. The molecule has 0 saturated carbocycles. The van der Waals surface area contributed by atoms with Crippen LogP contribution in [0.4, 0.5) is 10.7 Å². The van der Waals surface area contributed by atoms with Gasteiger partial charge in [-0.1, -0.05) is 41.4 Å². The highest BCUT2D eigenvalue weighted by Crippen LogP contribution is 2.40. The standard InChI is InChI=1S/C28H25Cl2N3OS/c1-17-14-19(18(2)33(17)21-12-13-23(29)24(30)15-21)16-31-28-26(22-10-6-7-11-25(22)35-28)27(34)32-20-8-4-3-5-9-20/h3-5,8-9,12-16H,6-7,10-11H2,1-2H3,(H,32,34). The Balaban J connectivity index is 1.50. The van der Waals surface area contributed by atoms with Gasteiger partial charge in [0, 0.05) is 39.4 Å². The smallest absolute Gasteiger partial charge is 0.259 e. The van der Waals surface area contributed by atoms with Gasteiger partial charge in [-0.25, -0.2) is 4.99 Å². The van der Waals surface area contributed by atoms with Crippen LogP contribution in [0.5, 0.6) is 0 Å². The second-order valence-corrected chi connectivity index (χ2v) is 10.6. The summed E-state index contributed by atoms with van der Waals surface area (Å²) in [5, 5.41) is 4.87. The summed E-state index contributed by atoms with van der Waals surface area (Å²) < 4.78 is 2.13. The second kappa shape index (κ2) is 10.0. The number of nitrogens with one attached hydrogen (secondary N) is 1. The topological polar surface area (TPSA) is 46.4 Å². The van der Waals surface area contributed by atoms with E-state index in [0.29, 0.717) is 15.6 Å². The van der Waals surface area contributed by atoms with Gasteiger partial charge in [-0.05, 0) is 81.5 Å². The monoisotopic (exact) mass is 521 g/mol. The Kier molecular flexibility index (Phi) is 6.83. The molecular formula is C28H25Cl2N3OS. The van der Waals surface area contributed by atoms with E-state index in [4.69, 9.17) is 28.2 Å². The minimum atomic E-state index is -0.0935. The summed E-state index contributed by atoms with van der Waals surface area (Å²) in [5.41, 5.74) is 6.70. The molecule has 1 amide bonds. The van der Waals surface area contributed by atoms with E-state index in [1.807, 2.05) is 48.7 Å². The number of benzene rings is 2. The van der Waals surface area contributed by atoms with Crippen molar-refractivity contribution in [3.05, 3.63) is 97.6 Å². The molecule has 0 saturated heterocycles. The lowest BCUT2D eigenvalue weighted by molar-refractivity contribution is 0.102. The molecule has 5 rings (SSSR count). The maximum Gasteiger partial charge on any atom is 0.259 e. The van der Waals surface area contributed by atoms with Gasteiger partial charge >= 0.3 is 0 Å². The molecule has 0 fully saturated rings. The summed E-state index contributed by atoms with van der Waals surface area (Å²) in [6.07, 6.45) is 6.05. The molecule has 7 heteroatoms. The van der Waals surface area contributed by atoms with E-state index in [9.17, 15) is 4.79 Å². The molecule has 0 aliphatic heterocycles. The molecule has 0 atom stereocenters. The fraction of sp³-hybridized carbons (Fsp3) is 0.214. The lowest BCUT2D eigenvalue weighted by atomic mass is 9.95. The van der Waals surface area contributed by atoms with Crippen molar-refractivity contribution >= 4 is 57.3 Å². The van der Waals surface area contributed by atoms with Gasteiger partial charge in [-0.2, -0.15) is 0 Å². The van der Waals surface area contributed by atoms with Crippen molar-refractivity contribution in [1.82, 2.24) is 4.57 Å². The Labute approximate surface area is 219 Å². The maximum absolute atomic E-state index is 13.3. The summed E-state index contributed by atoms with van der Waals surface area (Å²) in [4.78, 5) is 19.5. The molecule has 1 aliphatic carbocycles. The van der Waals surface area contributed by atoms with Gasteiger partial charge in [-0.15, -0.1) is 11.3 Å². The Morgan fingerprint density at radius 3 is 2.57 bits per heavy atom. The van der Waals surface area contributed by atoms with Gasteiger partial charge in [-0.3, -0.25) is 4.79 Å². The number of amides is 1. The molecule has 4 aromatic rings. The third kappa shape index (κ3) is 4.81. The zero-order valence-electron chi connectivity index (χ0n) is 19.6. The van der Waals surface area contributed by atoms with E-state index in [2.05, 4.69) is 29.8 Å². The Morgan fingerprint density at radius 1 is 1.03 bits per heavy atom. The maximum atomic E-state index is 13.3. The van der Waals surface area contributed by atoms with Crippen LogP contribution >= 0.6 is 34.5 Å². The number of thiophene rings is 1. The summed E-state index contributed by atoms with van der Waals surface area (Å²) >= 11 is 14.0. The fourth-order valence-corrected chi connectivity index (χ4v) is 6.18. The fourth-order valence-electron chi connectivity index (χ4n) is 4.66. The first-order valence-electron chi connectivity index (χ1n) is 11.6. The first-order valence-corrected chi connectivity index (χ1v) is 13.2. The van der Waals surface area contributed by atoms with Gasteiger partial charge < -0.3 is 9.88 Å². The van der Waals surface area contributed by atoms with Crippen LogP contribution in [-0.4, -0.2) is 16.7 Å². The number of hydrogen-bond donors (Lipinski definition) is 1. The predicted octanol–water partition coefficient (Wildman–Crippen LogP) is 8.34. The van der Waals surface area contributed by atoms with E-state index in [0.717, 1.165) is 64.6 Å². The number of anilines is 1. The van der Waals surface area contributed by atoms with Crippen molar-refractivity contribution in [3.63, 3.8) is 0 Å². The number of aromatic nitrogens is 1. The molecule has 0 bridgehead atoms. The number of carbonyl (C=O) groups excluding carboxylic acids is 1. The quantitative estimate of drug-likeness (QED) is 0.263. The van der Waals surface area contributed by atoms with E-state index >= 15 is 0 Å². The van der Waals surface area contributed by atoms with Gasteiger partial charge in [0.1, 0.15) is 5.00 Å². The molecule has 2 heterocycles. The van der Waals surface area contributed by atoms with Crippen LogP contribution in [0.2, 0.25) is 10.0 Å². The van der Waals surface area contributed by atoms with Crippen LogP contribution in [0.15, 0.2) is 59.6 Å². The van der Waals surface area contributed by atoms with Crippen LogP contribution in [-0.2, 0) is 12.8 Å². The van der Waals surface area contributed by atoms with Crippen LogP contribution in [0.1, 0.15) is 50.6 Å². The van der Waals surface area contributed by atoms with Crippen molar-refractivity contribution < 1.29 is 4.79 Å². The molecule has 0 spiro atoms. The normalized spacial score (nSPS) is 13.3. The van der Waals surface area contributed by atoms with Crippen molar-refractivity contribution in [2.24, 2.45) is 4.99 Å². The lowest BCUT2D eigenvalue weighted by Crippen LogP contribution is -2.14. The largest absolute Gasteiger partial charge is 0.322 e. The van der Waals surface area contributed by atoms with Crippen molar-refractivity contribution in [3.8, 4) is 5.69 Å². The average molecular weight is 523 g/mol. The third-order valence-electron chi connectivity index (χ3n) is 6.36. The molecule has 35 heavy (non-hydrogen) atoms. The van der Waals surface area contributed by atoms with Gasteiger partial charge in [0.2, 0.25) is 0 Å². The predicted molar refractivity (Wildman–Crippen MR) is 148 cm³/mol. The number of fused-ring (bicyclic) bond motifs is 1. The zero-order valence-corrected chi connectivity index (χ0v) is 21.9. The van der Waals surface area contributed by atoms with Crippen molar-refractivity contribution in [2.75, 3.05) is 5.32 Å². The zero-order chi connectivity index (χ0) is 24.5. The summed E-state index contributed by atoms with van der Waals surface area (Å²) in [6, 6.07) is 17.3. The Hall–Kier alpha value is -2.86. The first kappa shape index (κ1) is 23.9. The molecule has 1 aliphatic rings. The minimum Gasteiger partial charge on any atom is -0.322 e. The number of aryl methyl sites for hydroxylation is 2. The SMILES string of the molecule is Cc1cc(C=Nc2sc3c(c2C(=O)Nc2ccccc2)CCCC3)c(C)n1-c1ccc(Cl)c(Cl)c1. The first-order chi connectivity index (χ1) is 16.9.